The van der Waals surface area contributed by atoms with Crippen molar-refractivity contribution in [3.05, 3.63) is 35.7 Å². The zero-order chi connectivity index (χ0) is 21.1. The van der Waals surface area contributed by atoms with E-state index in [1.54, 1.807) is 12.1 Å². The fourth-order valence-electron chi connectivity index (χ4n) is 3.88. The van der Waals surface area contributed by atoms with Gasteiger partial charge in [0.1, 0.15) is 17.3 Å². The van der Waals surface area contributed by atoms with E-state index in [-0.39, 0.29) is 0 Å². The molecule has 162 valence electrons. The molecule has 2 fully saturated rings. The van der Waals surface area contributed by atoms with Gasteiger partial charge in [0.2, 0.25) is 0 Å². The Balaban J connectivity index is 1.51. The number of carbonyl (C=O) groups excluding carboxylic acids is 1. The summed E-state index contributed by atoms with van der Waals surface area (Å²) in [4.78, 5) is 23.7. The van der Waals surface area contributed by atoms with Gasteiger partial charge in [-0.25, -0.2) is 4.98 Å². The molecule has 2 aromatic heterocycles. The first-order valence-corrected chi connectivity index (χ1v) is 10.2. The van der Waals surface area contributed by atoms with Gasteiger partial charge in [0.05, 0.1) is 17.4 Å². The maximum absolute atomic E-state index is 13.5. The van der Waals surface area contributed by atoms with Crippen LogP contribution in [-0.2, 0) is 6.18 Å². The smallest absolute Gasteiger partial charge is 0.358 e. The van der Waals surface area contributed by atoms with Crippen LogP contribution in [0.2, 0.25) is 0 Å². The van der Waals surface area contributed by atoms with E-state index in [0.29, 0.717) is 24.6 Å². The summed E-state index contributed by atoms with van der Waals surface area (Å²) in [7, 11) is 0. The third-order valence-corrected chi connectivity index (χ3v) is 5.48. The zero-order valence-corrected chi connectivity index (χ0v) is 16.6. The Morgan fingerprint density at radius 2 is 1.77 bits per heavy atom. The Labute approximate surface area is 172 Å². The Bertz CT molecular complexity index is 868. The number of carbonyl (C=O) groups is 1. The number of hydrogen-bond acceptors (Lipinski definition) is 5. The lowest BCUT2D eigenvalue weighted by molar-refractivity contribution is -0.137. The van der Waals surface area contributed by atoms with Crippen LogP contribution in [0.15, 0.2) is 24.4 Å². The number of aromatic amines is 1. The molecule has 0 aromatic carbocycles. The standard InChI is InChI=1S/C20H25F3N6O/c21-20(22,23)15-12-17(28-8-2-1-3-9-28)27-18(15)19(30)26-14-4-5-16(25-13-14)29-10-6-24-7-11-29/h4-5,12-13,24,27H,1-3,6-11H2,(H,26,30). The van der Waals surface area contributed by atoms with E-state index in [9.17, 15) is 18.0 Å². The number of aromatic nitrogens is 2. The van der Waals surface area contributed by atoms with Gasteiger partial charge in [-0.05, 0) is 37.5 Å². The average Bonchev–Trinajstić information content (AvgIpc) is 3.22. The van der Waals surface area contributed by atoms with Crippen molar-refractivity contribution in [2.75, 3.05) is 54.4 Å². The Hall–Kier alpha value is -2.75. The summed E-state index contributed by atoms with van der Waals surface area (Å²) in [6, 6.07) is 4.45. The van der Waals surface area contributed by atoms with Crippen molar-refractivity contribution in [3.8, 4) is 0 Å². The van der Waals surface area contributed by atoms with Crippen LogP contribution in [0, 0.1) is 0 Å². The number of rotatable bonds is 4. The average molecular weight is 422 g/mol. The first-order chi connectivity index (χ1) is 14.4. The number of hydrogen-bond donors (Lipinski definition) is 3. The third kappa shape index (κ3) is 4.53. The zero-order valence-electron chi connectivity index (χ0n) is 16.6. The molecule has 10 heteroatoms. The molecule has 1 amide bonds. The van der Waals surface area contributed by atoms with Crippen LogP contribution in [-0.4, -0.2) is 55.1 Å². The molecule has 30 heavy (non-hydrogen) atoms. The van der Waals surface area contributed by atoms with Gasteiger partial charge in [0.15, 0.2) is 0 Å². The van der Waals surface area contributed by atoms with Gasteiger partial charge in [0, 0.05) is 39.3 Å². The number of H-pyrrole nitrogens is 1. The van der Waals surface area contributed by atoms with Gasteiger partial charge in [-0.1, -0.05) is 0 Å². The molecule has 2 aromatic rings. The largest absolute Gasteiger partial charge is 0.418 e. The van der Waals surface area contributed by atoms with Crippen LogP contribution >= 0.6 is 0 Å². The minimum absolute atomic E-state index is 0.333. The SMILES string of the molecule is O=C(Nc1ccc(N2CCNCC2)nc1)c1[nH]c(N2CCCCC2)cc1C(F)(F)F. The molecule has 0 spiro atoms. The van der Waals surface area contributed by atoms with Crippen LogP contribution in [0.4, 0.5) is 30.5 Å². The lowest BCUT2D eigenvalue weighted by Gasteiger charge is -2.28. The van der Waals surface area contributed by atoms with E-state index in [0.717, 1.165) is 57.3 Å². The lowest BCUT2D eigenvalue weighted by atomic mass is 10.1. The van der Waals surface area contributed by atoms with Gasteiger partial charge >= 0.3 is 6.18 Å². The summed E-state index contributed by atoms with van der Waals surface area (Å²) >= 11 is 0. The fourth-order valence-corrected chi connectivity index (χ4v) is 3.88. The van der Waals surface area contributed by atoms with Gasteiger partial charge in [0.25, 0.3) is 5.91 Å². The van der Waals surface area contributed by atoms with Gasteiger partial charge < -0.3 is 25.4 Å². The highest BCUT2D eigenvalue weighted by Gasteiger charge is 2.38. The first kappa shape index (κ1) is 20.5. The molecule has 0 bridgehead atoms. The minimum atomic E-state index is -4.62. The van der Waals surface area contributed by atoms with Crippen molar-refractivity contribution in [3.63, 3.8) is 0 Å². The molecule has 0 radical (unpaired) electrons. The number of piperazine rings is 1. The fraction of sp³-hybridized carbons (Fsp3) is 0.500. The topological polar surface area (TPSA) is 76.3 Å². The van der Waals surface area contributed by atoms with Crippen molar-refractivity contribution < 1.29 is 18.0 Å². The number of amides is 1. The number of anilines is 3. The maximum atomic E-state index is 13.5. The number of nitrogens with one attached hydrogen (secondary N) is 3. The summed E-state index contributed by atoms with van der Waals surface area (Å²) < 4.78 is 40.6. The van der Waals surface area contributed by atoms with E-state index in [1.165, 1.54) is 6.20 Å². The first-order valence-electron chi connectivity index (χ1n) is 10.2. The van der Waals surface area contributed by atoms with E-state index in [1.807, 2.05) is 4.90 Å². The molecule has 2 aliphatic heterocycles. The second-order valence-electron chi connectivity index (χ2n) is 7.58. The van der Waals surface area contributed by atoms with Crippen molar-refractivity contribution in [1.82, 2.24) is 15.3 Å². The summed E-state index contributed by atoms with van der Waals surface area (Å²) in [6.07, 6.45) is -0.244. The second kappa shape index (κ2) is 8.55. The van der Waals surface area contributed by atoms with Crippen molar-refractivity contribution in [2.45, 2.75) is 25.4 Å². The number of nitrogens with zero attached hydrogens (tertiary/aromatic N) is 3. The molecule has 0 saturated carbocycles. The number of pyridine rings is 1. The van der Waals surface area contributed by atoms with Crippen LogP contribution in [0.25, 0.3) is 0 Å². The molecule has 0 unspecified atom stereocenters. The molecule has 7 nitrogen and oxygen atoms in total. The van der Waals surface area contributed by atoms with E-state index in [2.05, 4.69) is 25.5 Å². The van der Waals surface area contributed by atoms with E-state index in [4.69, 9.17) is 0 Å². The van der Waals surface area contributed by atoms with Gasteiger partial charge in [-0.15, -0.1) is 0 Å². The van der Waals surface area contributed by atoms with Crippen LogP contribution in [0.3, 0.4) is 0 Å². The molecule has 2 saturated heterocycles. The molecule has 4 heterocycles. The van der Waals surface area contributed by atoms with Crippen molar-refractivity contribution in [2.24, 2.45) is 0 Å². The number of halogens is 3. The summed E-state index contributed by atoms with van der Waals surface area (Å²) in [5.41, 5.74) is -1.08. The summed E-state index contributed by atoms with van der Waals surface area (Å²) in [5, 5.41) is 5.79. The van der Waals surface area contributed by atoms with Crippen molar-refractivity contribution >= 4 is 23.2 Å². The molecule has 3 N–H and O–H groups in total. The molecule has 0 atom stereocenters. The van der Waals surface area contributed by atoms with Gasteiger partial charge in [-0.3, -0.25) is 4.79 Å². The summed E-state index contributed by atoms with van der Waals surface area (Å²) in [5.74, 6) is 0.277. The Morgan fingerprint density at radius 1 is 1.03 bits per heavy atom. The highest BCUT2D eigenvalue weighted by atomic mass is 19.4. The monoisotopic (exact) mass is 422 g/mol. The molecular formula is C20H25F3N6O. The second-order valence-corrected chi connectivity index (χ2v) is 7.58. The van der Waals surface area contributed by atoms with Crippen molar-refractivity contribution in [1.29, 1.82) is 0 Å². The summed E-state index contributed by atoms with van der Waals surface area (Å²) in [6.45, 7) is 4.75. The quantitative estimate of drug-likeness (QED) is 0.706. The molecule has 0 aliphatic carbocycles. The van der Waals surface area contributed by atoms with E-state index >= 15 is 0 Å². The minimum Gasteiger partial charge on any atom is -0.358 e. The number of alkyl halides is 3. The van der Waals surface area contributed by atoms with Crippen LogP contribution in [0.1, 0.15) is 35.3 Å². The van der Waals surface area contributed by atoms with E-state index < -0.39 is 23.3 Å². The Morgan fingerprint density at radius 3 is 2.40 bits per heavy atom. The maximum Gasteiger partial charge on any atom is 0.418 e. The molecule has 2 aliphatic rings. The molecular weight excluding hydrogens is 397 g/mol. The highest BCUT2D eigenvalue weighted by molar-refractivity contribution is 6.04. The number of piperidine rings is 1. The Kier molecular flexibility index (Phi) is 5.85. The van der Waals surface area contributed by atoms with Crippen LogP contribution < -0.4 is 20.4 Å². The predicted molar refractivity (Wildman–Crippen MR) is 109 cm³/mol. The van der Waals surface area contributed by atoms with Gasteiger partial charge in [-0.2, -0.15) is 13.2 Å². The highest BCUT2D eigenvalue weighted by Crippen LogP contribution is 2.35. The third-order valence-electron chi connectivity index (χ3n) is 5.48. The normalized spacial score (nSPS) is 17.8. The predicted octanol–water partition coefficient (Wildman–Crippen LogP) is 3.08. The van der Waals surface area contributed by atoms with Crippen LogP contribution in [0.5, 0.6) is 0 Å². The lowest BCUT2D eigenvalue weighted by Crippen LogP contribution is -2.43. The molecule has 4 rings (SSSR count).